The van der Waals surface area contributed by atoms with Crippen molar-refractivity contribution >= 4 is 20.9 Å². The number of hydrogen-bond acceptors (Lipinski definition) is 4. The maximum absolute atomic E-state index is 12.9. The second kappa shape index (κ2) is 7.25. The van der Waals surface area contributed by atoms with Crippen LogP contribution >= 0.6 is 0 Å². The molecule has 2 N–H and O–H groups in total. The second-order valence-electron chi connectivity index (χ2n) is 7.04. The van der Waals surface area contributed by atoms with Gasteiger partial charge in [0.15, 0.2) is 11.5 Å². The van der Waals surface area contributed by atoms with Crippen LogP contribution in [-0.4, -0.2) is 33.2 Å². The Morgan fingerprint density at radius 1 is 1.04 bits per heavy atom. The molecule has 0 bridgehead atoms. The van der Waals surface area contributed by atoms with Crippen molar-refractivity contribution in [2.24, 2.45) is 0 Å². The summed E-state index contributed by atoms with van der Waals surface area (Å²) >= 11 is 0. The van der Waals surface area contributed by atoms with Gasteiger partial charge in [0.2, 0.25) is 10.0 Å². The Hall–Kier alpha value is -2.51. The summed E-state index contributed by atoms with van der Waals surface area (Å²) in [6, 6.07) is 12.5. The van der Waals surface area contributed by atoms with Crippen molar-refractivity contribution < 1.29 is 17.9 Å². The van der Waals surface area contributed by atoms with Crippen LogP contribution in [0, 0.1) is 0 Å². The minimum atomic E-state index is -3.73. The monoisotopic (exact) mass is 388 g/mol. The first-order valence-corrected chi connectivity index (χ1v) is 10.0. The van der Waals surface area contributed by atoms with E-state index >= 15 is 0 Å². The van der Waals surface area contributed by atoms with Gasteiger partial charge in [0.1, 0.15) is 0 Å². The Kier molecular flexibility index (Phi) is 5.17. The molecule has 27 heavy (non-hydrogen) atoms. The lowest BCUT2D eigenvalue weighted by Crippen LogP contribution is -2.44. The van der Waals surface area contributed by atoms with E-state index in [4.69, 9.17) is 9.47 Å². The first-order chi connectivity index (χ1) is 12.8. The van der Waals surface area contributed by atoms with Gasteiger partial charge in [-0.3, -0.25) is 0 Å². The van der Waals surface area contributed by atoms with E-state index in [1.165, 1.54) is 26.4 Å². The molecule has 2 aromatic carbocycles. The summed E-state index contributed by atoms with van der Waals surface area (Å²) in [6.07, 6.45) is 2.47. The van der Waals surface area contributed by atoms with Crippen LogP contribution in [0.1, 0.15) is 19.4 Å². The lowest BCUT2D eigenvalue weighted by atomic mass is 9.96. The van der Waals surface area contributed by atoms with Crippen molar-refractivity contribution in [2.45, 2.75) is 30.7 Å². The van der Waals surface area contributed by atoms with Crippen LogP contribution in [-0.2, 0) is 16.4 Å². The molecular weight excluding hydrogens is 364 g/mol. The van der Waals surface area contributed by atoms with Gasteiger partial charge in [-0.2, -0.15) is 0 Å². The molecule has 0 fully saturated rings. The van der Waals surface area contributed by atoms with Crippen LogP contribution in [0.5, 0.6) is 11.5 Å². The fraction of sp³-hybridized carbons (Fsp3) is 0.300. The average Bonchev–Trinajstić information content (AvgIpc) is 3.02. The van der Waals surface area contributed by atoms with Crippen molar-refractivity contribution in [1.29, 1.82) is 0 Å². The zero-order chi connectivity index (χ0) is 19.7. The Labute approximate surface area is 159 Å². The molecule has 0 saturated carbocycles. The summed E-state index contributed by atoms with van der Waals surface area (Å²) in [5.41, 5.74) is 1.41. The molecule has 1 aromatic heterocycles. The number of nitrogens with one attached hydrogen (secondary N) is 2. The molecule has 1 heterocycles. The molecular formula is C20H24N2O4S. The van der Waals surface area contributed by atoms with E-state index in [2.05, 4.69) is 9.71 Å². The van der Waals surface area contributed by atoms with Crippen molar-refractivity contribution in [1.82, 2.24) is 9.71 Å². The number of ether oxygens (including phenoxy) is 2. The molecule has 0 aliphatic carbocycles. The molecule has 6 nitrogen and oxygen atoms in total. The lowest BCUT2D eigenvalue weighted by molar-refractivity contribution is 0.353. The van der Waals surface area contributed by atoms with E-state index in [1.54, 1.807) is 6.07 Å². The summed E-state index contributed by atoms with van der Waals surface area (Å²) in [5, 5.41) is 1.09. The largest absolute Gasteiger partial charge is 0.493 e. The molecule has 3 rings (SSSR count). The maximum atomic E-state index is 12.9. The van der Waals surface area contributed by atoms with Crippen LogP contribution < -0.4 is 14.2 Å². The fourth-order valence-electron chi connectivity index (χ4n) is 3.20. The molecule has 144 valence electrons. The molecule has 0 atom stereocenters. The zero-order valence-electron chi connectivity index (χ0n) is 15.9. The van der Waals surface area contributed by atoms with Crippen molar-refractivity contribution in [3.8, 4) is 11.5 Å². The minimum absolute atomic E-state index is 0.132. The zero-order valence-corrected chi connectivity index (χ0v) is 16.7. The molecule has 7 heteroatoms. The first-order valence-electron chi connectivity index (χ1n) is 8.57. The van der Waals surface area contributed by atoms with Gasteiger partial charge in [-0.1, -0.05) is 18.2 Å². The smallest absolute Gasteiger partial charge is 0.241 e. The minimum Gasteiger partial charge on any atom is -0.493 e. The highest BCUT2D eigenvalue weighted by atomic mass is 32.2. The van der Waals surface area contributed by atoms with Crippen LogP contribution in [0.4, 0.5) is 0 Å². The average molecular weight is 388 g/mol. The predicted octanol–water partition coefficient (Wildman–Crippen LogP) is 3.48. The Morgan fingerprint density at radius 2 is 1.74 bits per heavy atom. The summed E-state index contributed by atoms with van der Waals surface area (Å²) in [7, 11) is -0.744. The summed E-state index contributed by atoms with van der Waals surface area (Å²) in [4.78, 5) is 3.36. The number of para-hydroxylation sites is 1. The molecule has 0 unspecified atom stereocenters. The molecule has 0 radical (unpaired) electrons. The quantitative estimate of drug-likeness (QED) is 0.649. The second-order valence-corrected chi connectivity index (χ2v) is 8.72. The van der Waals surface area contributed by atoms with Crippen LogP contribution in [0.3, 0.4) is 0 Å². The Balaban J connectivity index is 1.85. The standard InChI is InChI=1S/C20H24N2O4S/c1-20(2,12-14-13-21-17-8-6-5-7-16(14)17)22-27(23,24)15-9-10-18(25-3)19(11-15)26-4/h5-11,13,21-22H,12H2,1-4H3. The number of fused-ring (bicyclic) bond motifs is 1. The maximum Gasteiger partial charge on any atom is 0.241 e. The number of aromatic amines is 1. The number of H-pyrrole nitrogens is 1. The van der Waals surface area contributed by atoms with Gasteiger partial charge in [0.25, 0.3) is 0 Å². The molecule has 0 saturated heterocycles. The van der Waals surface area contributed by atoms with Crippen LogP contribution in [0.15, 0.2) is 53.6 Å². The van der Waals surface area contributed by atoms with Crippen LogP contribution in [0.25, 0.3) is 10.9 Å². The highest BCUT2D eigenvalue weighted by Gasteiger charge is 2.28. The third-order valence-corrected chi connectivity index (χ3v) is 6.08. The van der Waals surface area contributed by atoms with E-state index in [0.29, 0.717) is 17.9 Å². The van der Waals surface area contributed by atoms with Gasteiger partial charge in [0.05, 0.1) is 19.1 Å². The number of methoxy groups -OCH3 is 2. The van der Waals surface area contributed by atoms with Gasteiger partial charge in [-0.25, -0.2) is 13.1 Å². The normalized spacial score (nSPS) is 12.3. The van der Waals surface area contributed by atoms with E-state index in [-0.39, 0.29) is 4.90 Å². The number of hydrogen-bond donors (Lipinski definition) is 2. The van der Waals surface area contributed by atoms with E-state index < -0.39 is 15.6 Å². The molecule has 0 amide bonds. The highest BCUT2D eigenvalue weighted by molar-refractivity contribution is 7.89. The third-order valence-electron chi connectivity index (χ3n) is 4.38. The van der Waals surface area contributed by atoms with Gasteiger partial charge >= 0.3 is 0 Å². The van der Waals surface area contributed by atoms with E-state index in [1.807, 2.05) is 44.3 Å². The molecule has 3 aromatic rings. The Morgan fingerprint density at radius 3 is 2.44 bits per heavy atom. The number of aromatic nitrogens is 1. The van der Waals surface area contributed by atoms with Crippen molar-refractivity contribution in [2.75, 3.05) is 14.2 Å². The third kappa shape index (κ3) is 4.09. The van der Waals surface area contributed by atoms with E-state index in [9.17, 15) is 8.42 Å². The Bertz CT molecular complexity index is 1050. The summed E-state index contributed by atoms with van der Waals surface area (Å²) in [5.74, 6) is 0.851. The first kappa shape index (κ1) is 19.3. The van der Waals surface area contributed by atoms with Gasteiger partial charge in [0, 0.05) is 28.7 Å². The summed E-state index contributed by atoms with van der Waals surface area (Å²) < 4.78 is 39.0. The van der Waals surface area contributed by atoms with Gasteiger partial charge < -0.3 is 14.5 Å². The topological polar surface area (TPSA) is 80.4 Å². The lowest BCUT2D eigenvalue weighted by Gasteiger charge is -2.26. The van der Waals surface area contributed by atoms with Gasteiger partial charge in [-0.15, -0.1) is 0 Å². The SMILES string of the molecule is COc1ccc(S(=O)(=O)NC(C)(C)Cc2c[nH]c3ccccc23)cc1OC. The molecule has 0 aliphatic heterocycles. The number of sulfonamides is 1. The molecule has 0 aliphatic rings. The van der Waals surface area contributed by atoms with E-state index in [0.717, 1.165) is 16.5 Å². The summed E-state index contributed by atoms with van der Waals surface area (Å²) in [6.45, 7) is 3.74. The fourth-order valence-corrected chi connectivity index (χ4v) is 4.62. The molecule has 0 spiro atoms. The van der Waals surface area contributed by atoms with Crippen molar-refractivity contribution in [3.63, 3.8) is 0 Å². The highest BCUT2D eigenvalue weighted by Crippen LogP contribution is 2.30. The van der Waals surface area contributed by atoms with Crippen LogP contribution in [0.2, 0.25) is 0 Å². The number of rotatable bonds is 7. The predicted molar refractivity (Wildman–Crippen MR) is 106 cm³/mol. The number of benzene rings is 2. The van der Waals surface area contributed by atoms with Gasteiger partial charge in [-0.05, 0) is 44.0 Å². The van der Waals surface area contributed by atoms with Crippen molar-refractivity contribution in [3.05, 3.63) is 54.2 Å².